The Kier molecular flexibility index (Phi) is 4.64. The molecule has 3 aromatic heterocycles. The van der Waals surface area contributed by atoms with Gasteiger partial charge < -0.3 is 0 Å². The van der Waals surface area contributed by atoms with Gasteiger partial charge in [0.1, 0.15) is 5.01 Å². The van der Waals surface area contributed by atoms with Crippen molar-refractivity contribution in [3.8, 4) is 33.1 Å². The molecule has 0 bridgehead atoms. The van der Waals surface area contributed by atoms with Gasteiger partial charge in [0.15, 0.2) is 0 Å². The van der Waals surface area contributed by atoms with Crippen LogP contribution in [0.4, 0.5) is 0 Å². The fourth-order valence-electron chi connectivity index (χ4n) is 4.72. The number of aromatic nitrogens is 3. The third-order valence-corrected chi connectivity index (χ3v) is 7.49. The number of fused-ring (bicyclic) bond motifs is 4. The van der Waals surface area contributed by atoms with Crippen LogP contribution in [0.1, 0.15) is 0 Å². The Morgan fingerprint density at radius 3 is 2.26 bits per heavy atom. The Morgan fingerprint density at radius 2 is 1.34 bits per heavy atom. The van der Waals surface area contributed by atoms with Gasteiger partial charge in [-0.25, -0.2) is 9.97 Å². The van der Waals surface area contributed by atoms with Gasteiger partial charge in [0.25, 0.3) is 0 Å². The van der Waals surface area contributed by atoms with E-state index in [4.69, 9.17) is 9.97 Å². The zero-order valence-corrected chi connectivity index (χ0v) is 19.5. The molecule has 0 saturated heterocycles. The van der Waals surface area contributed by atoms with E-state index in [1.54, 1.807) is 11.3 Å². The lowest BCUT2D eigenvalue weighted by molar-refractivity contribution is 1.29. The quantitative estimate of drug-likeness (QED) is 0.246. The molecule has 0 amide bonds. The first-order chi connectivity index (χ1) is 17.3. The molecule has 164 valence electrons. The summed E-state index contributed by atoms with van der Waals surface area (Å²) in [6.07, 6.45) is 3.62. The van der Waals surface area contributed by atoms with Crippen molar-refractivity contribution >= 4 is 43.1 Å². The van der Waals surface area contributed by atoms with Crippen LogP contribution in [-0.4, -0.2) is 15.0 Å². The van der Waals surface area contributed by atoms with E-state index in [0.29, 0.717) is 0 Å². The topological polar surface area (TPSA) is 38.7 Å². The van der Waals surface area contributed by atoms with E-state index in [0.717, 1.165) is 38.6 Å². The Labute approximate surface area is 206 Å². The molecule has 0 fully saturated rings. The lowest BCUT2D eigenvalue weighted by Crippen LogP contribution is -1.92. The molecule has 0 unspecified atom stereocenters. The second-order valence-electron chi connectivity index (χ2n) is 8.54. The monoisotopic (exact) mass is 465 g/mol. The van der Waals surface area contributed by atoms with Crippen LogP contribution in [0.5, 0.6) is 0 Å². The van der Waals surface area contributed by atoms with Gasteiger partial charge in [0.05, 0.1) is 21.6 Å². The molecular formula is C31H19N3S. The third kappa shape index (κ3) is 3.47. The summed E-state index contributed by atoms with van der Waals surface area (Å²) in [6, 6.07) is 36.0. The lowest BCUT2D eigenvalue weighted by Gasteiger charge is -2.12. The van der Waals surface area contributed by atoms with E-state index < -0.39 is 0 Å². The summed E-state index contributed by atoms with van der Waals surface area (Å²) in [5, 5.41) is 5.92. The average molecular weight is 466 g/mol. The largest absolute Gasteiger partial charge is 0.265 e. The molecule has 3 nitrogen and oxygen atoms in total. The maximum absolute atomic E-state index is 5.13. The summed E-state index contributed by atoms with van der Waals surface area (Å²) in [5.74, 6) is 0. The minimum absolute atomic E-state index is 0.914. The van der Waals surface area contributed by atoms with Gasteiger partial charge in [-0.15, -0.1) is 11.3 Å². The third-order valence-electron chi connectivity index (χ3n) is 6.40. The molecule has 35 heavy (non-hydrogen) atoms. The minimum Gasteiger partial charge on any atom is -0.265 e. The van der Waals surface area contributed by atoms with Gasteiger partial charge in [0, 0.05) is 29.1 Å². The number of thiazole rings is 1. The molecule has 0 aliphatic heterocycles. The lowest BCUT2D eigenvalue weighted by atomic mass is 9.96. The van der Waals surface area contributed by atoms with Crippen molar-refractivity contribution in [2.24, 2.45) is 0 Å². The number of benzene rings is 4. The summed E-state index contributed by atoms with van der Waals surface area (Å²) >= 11 is 1.71. The molecule has 0 spiro atoms. The van der Waals surface area contributed by atoms with Crippen molar-refractivity contribution in [3.63, 3.8) is 0 Å². The van der Waals surface area contributed by atoms with Crippen molar-refractivity contribution in [2.75, 3.05) is 0 Å². The maximum Gasteiger partial charge on any atom is 0.124 e. The van der Waals surface area contributed by atoms with Gasteiger partial charge in [-0.3, -0.25) is 4.98 Å². The summed E-state index contributed by atoms with van der Waals surface area (Å²) < 4.78 is 1.18. The molecule has 4 heteroatoms. The van der Waals surface area contributed by atoms with Crippen molar-refractivity contribution in [2.45, 2.75) is 0 Å². The van der Waals surface area contributed by atoms with E-state index in [9.17, 15) is 0 Å². The van der Waals surface area contributed by atoms with E-state index in [1.165, 1.54) is 26.2 Å². The Bertz CT molecular complexity index is 1820. The van der Waals surface area contributed by atoms with E-state index >= 15 is 0 Å². The van der Waals surface area contributed by atoms with Gasteiger partial charge >= 0.3 is 0 Å². The normalized spacial score (nSPS) is 11.4. The SMILES string of the molecule is c1ccc2c(c1)ccc1c(-c3cc(-c4nc5ccccc5s4)cc(-c4ccncc4)n3)cccc12. The van der Waals surface area contributed by atoms with Crippen LogP contribution in [0.15, 0.2) is 116 Å². The molecule has 0 atom stereocenters. The molecule has 4 aromatic carbocycles. The minimum atomic E-state index is 0.914. The van der Waals surface area contributed by atoms with Gasteiger partial charge in [-0.1, -0.05) is 66.7 Å². The predicted molar refractivity (Wildman–Crippen MR) is 147 cm³/mol. The second-order valence-corrected chi connectivity index (χ2v) is 9.57. The first-order valence-corrected chi connectivity index (χ1v) is 12.3. The summed E-state index contributed by atoms with van der Waals surface area (Å²) in [7, 11) is 0. The van der Waals surface area contributed by atoms with Crippen LogP contribution < -0.4 is 0 Å². The van der Waals surface area contributed by atoms with Crippen LogP contribution in [0, 0.1) is 0 Å². The second kappa shape index (κ2) is 8.12. The van der Waals surface area contributed by atoms with E-state index in [1.807, 2.05) is 30.6 Å². The number of pyridine rings is 2. The highest BCUT2D eigenvalue weighted by atomic mass is 32.1. The number of hydrogen-bond acceptors (Lipinski definition) is 4. The van der Waals surface area contributed by atoms with Crippen LogP contribution in [0.25, 0.3) is 64.8 Å². The van der Waals surface area contributed by atoms with E-state index in [-0.39, 0.29) is 0 Å². The number of rotatable bonds is 3. The van der Waals surface area contributed by atoms with Crippen LogP contribution >= 0.6 is 11.3 Å². The van der Waals surface area contributed by atoms with Gasteiger partial charge in [-0.05, 0) is 57.9 Å². The standard InChI is InChI=1S/C31H19N3S/c1-2-7-23-20(6-1)12-13-25-24(23)8-5-9-26(25)29-19-22(18-28(33-29)21-14-16-32-17-15-21)31-34-27-10-3-4-11-30(27)35-31/h1-19H. The summed E-state index contributed by atoms with van der Waals surface area (Å²) in [4.78, 5) is 14.3. The molecule has 0 N–H and O–H groups in total. The molecule has 7 rings (SSSR count). The fraction of sp³-hybridized carbons (Fsp3) is 0. The van der Waals surface area contributed by atoms with Crippen molar-refractivity contribution < 1.29 is 0 Å². The molecule has 0 aliphatic carbocycles. The van der Waals surface area contributed by atoms with Crippen LogP contribution in [0.3, 0.4) is 0 Å². The predicted octanol–water partition coefficient (Wildman–Crippen LogP) is 8.39. The Balaban J connectivity index is 1.50. The van der Waals surface area contributed by atoms with Crippen LogP contribution in [-0.2, 0) is 0 Å². The zero-order chi connectivity index (χ0) is 23.2. The van der Waals surface area contributed by atoms with Crippen molar-refractivity contribution in [1.82, 2.24) is 15.0 Å². The Hall–Kier alpha value is -4.41. The first kappa shape index (κ1) is 20.0. The highest BCUT2D eigenvalue weighted by molar-refractivity contribution is 7.21. The molecule has 0 radical (unpaired) electrons. The van der Waals surface area contributed by atoms with Crippen LogP contribution in [0.2, 0.25) is 0 Å². The zero-order valence-electron chi connectivity index (χ0n) is 18.7. The van der Waals surface area contributed by atoms with E-state index in [2.05, 4.69) is 89.9 Å². The number of para-hydroxylation sites is 1. The fourth-order valence-corrected chi connectivity index (χ4v) is 5.67. The molecule has 0 saturated carbocycles. The van der Waals surface area contributed by atoms with Crippen molar-refractivity contribution in [1.29, 1.82) is 0 Å². The first-order valence-electron chi connectivity index (χ1n) is 11.5. The smallest absolute Gasteiger partial charge is 0.124 e. The molecule has 7 aromatic rings. The molecular weight excluding hydrogens is 446 g/mol. The highest BCUT2D eigenvalue weighted by Gasteiger charge is 2.14. The number of nitrogens with zero attached hydrogens (tertiary/aromatic N) is 3. The van der Waals surface area contributed by atoms with Gasteiger partial charge in [0.2, 0.25) is 0 Å². The molecule has 3 heterocycles. The maximum atomic E-state index is 5.13. The number of hydrogen-bond donors (Lipinski definition) is 0. The molecule has 0 aliphatic rings. The highest BCUT2D eigenvalue weighted by Crippen LogP contribution is 2.37. The van der Waals surface area contributed by atoms with Crippen molar-refractivity contribution in [3.05, 3.63) is 116 Å². The summed E-state index contributed by atoms with van der Waals surface area (Å²) in [5.41, 5.74) is 6.10. The Morgan fingerprint density at radius 1 is 0.543 bits per heavy atom. The van der Waals surface area contributed by atoms with Gasteiger partial charge in [-0.2, -0.15) is 0 Å². The summed E-state index contributed by atoms with van der Waals surface area (Å²) in [6.45, 7) is 0. The average Bonchev–Trinajstić information content (AvgIpc) is 3.37.